The molecule has 29 heavy (non-hydrogen) atoms. The molecule has 0 spiro atoms. The normalized spacial score (nSPS) is 12.6. The van der Waals surface area contributed by atoms with Crippen LogP contribution in [-0.4, -0.2) is 31.3 Å². The van der Waals surface area contributed by atoms with Crippen molar-refractivity contribution in [3.63, 3.8) is 0 Å². The summed E-state index contributed by atoms with van der Waals surface area (Å²) < 4.78 is 16.3. The Morgan fingerprint density at radius 3 is 2.72 bits per heavy atom. The van der Waals surface area contributed by atoms with E-state index in [1.54, 1.807) is 54.6 Å². The van der Waals surface area contributed by atoms with Gasteiger partial charge >= 0.3 is 5.97 Å². The average Bonchev–Trinajstić information content (AvgIpc) is 3.29. The molecule has 0 unspecified atom stereocenters. The number of carbonyl (C=O) groups is 2. The molecule has 4 rings (SSSR count). The van der Waals surface area contributed by atoms with E-state index in [0.717, 1.165) is 0 Å². The molecule has 0 aliphatic carbocycles. The van der Waals surface area contributed by atoms with Crippen LogP contribution >= 0.6 is 11.3 Å². The van der Waals surface area contributed by atoms with Gasteiger partial charge in [0, 0.05) is 5.56 Å². The van der Waals surface area contributed by atoms with Gasteiger partial charge in [-0.1, -0.05) is 18.2 Å². The SMILES string of the molecule is O=C(N/N=C/c1cccc(OC(=O)c2cccs2)c1)c1ccc2c(c1)OCCO2. The summed E-state index contributed by atoms with van der Waals surface area (Å²) in [6, 6.07) is 15.3. The molecule has 0 bridgehead atoms. The molecule has 1 aliphatic rings. The van der Waals surface area contributed by atoms with Crippen LogP contribution in [0.5, 0.6) is 17.2 Å². The largest absolute Gasteiger partial charge is 0.486 e. The smallest absolute Gasteiger partial charge is 0.353 e. The summed E-state index contributed by atoms with van der Waals surface area (Å²) in [7, 11) is 0. The number of nitrogens with zero attached hydrogens (tertiary/aromatic N) is 1. The Kier molecular flexibility index (Phi) is 5.53. The summed E-state index contributed by atoms with van der Waals surface area (Å²) >= 11 is 1.31. The van der Waals surface area contributed by atoms with E-state index in [1.165, 1.54) is 17.6 Å². The third-order valence-electron chi connectivity index (χ3n) is 3.98. The van der Waals surface area contributed by atoms with Crippen LogP contribution in [0, 0.1) is 0 Å². The van der Waals surface area contributed by atoms with E-state index in [0.29, 0.717) is 46.5 Å². The number of esters is 1. The van der Waals surface area contributed by atoms with Crippen molar-refractivity contribution < 1.29 is 23.8 Å². The van der Waals surface area contributed by atoms with Crippen LogP contribution in [0.4, 0.5) is 0 Å². The molecular formula is C21H16N2O5S. The minimum Gasteiger partial charge on any atom is -0.486 e. The molecule has 1 N–H and O–H groups in total. The molecule has 7 nitrogen and oxygen atoms in total. The fourth-order valence-electron chi connectivity index (χ4n) is 2.62. The first-order valence-corrected chi connectivity index (χ1v) is 9.66. The highest BCUT2D eigenvalue weighted by Crippen LogP contribution is 2.30. The summed E-state index contributed by atoms with van der Waals surface area (Å²) in [5.74, 6) is 0.753. The molecule has 1 aliphatic heterocycles. The van der Waals surface area contributed by atoms with Crippen LogP contribution in [0.1, 0.15) is 25.6 Å². The predicted octanol–water partition coefficient (Wildman–Crippen LogP) is 3.50. The number of nitrogens with one attached hydrogen (secondary N) is 1. The Balaban J connectivity index is 1.38. The van der Waals surface area contributed by atoms with Gasteiger partial charge in [0.2, 0.25) is 0 Å². The first kappa shape index (κ1) is 18.7. The van der Waals surface area contributed by atoms with Gasteiger partial charge in [0.15, 0.2) is 11.5 Å². The van der Waals surface area contributed by atoms with Crippen molar-refractivity contribution >= 4 is 29.4 Å². The standard InChI is InChI=1S/C21H16N2O5S/c24-20(15-6-7-17-18(12-15)27-9-8-26-17)23-22-13-14-3-1-4-16(11-14)28-21(25)19-5-2-10-29-19/h1-7,10-13H,8-9H2,(H,23,24)/b22-13+. The second-order valence-corrected chi connectivity index (χ2v) is 6.94. The molecule has 0 radical (unpaired) electrons. The van der Waals surface area contributed by atoms with E-state index in [-0.39, 0.29) is 5.91 Å². The van der Waals surface area contributed by atoms with Crippen molar-refractivity contribution in [3.05, 3.63) is 76.0 Å². The van der Waals surface area contributed by atoms with Crippen LogP contribution < -0.4 is 19.6 Å². The third-order valence-corrected chi connectivity index (χ3v) is 4.82. The predicted molar refractivity (Wildman–Crippen MR) is 108 cm³/mol. The van der Waals surface area contributed by atoms with Crippen LogP contribution in [0.2, 0.25) is 0 Å². The van der Waals surface area contributed by atoms with Gasteiger partial charge in [-0.3, -0.25) is 4.79 Å². The molecule has 3 aromatic rings. The zero-order chi connectivity index (χ0) is 20.1. The van der Waals surface area contributed by atoms with Gasteiger partial charge in [0.05, 0.1) is 6.21 Å². The zero-order valence-corrected chi connectivity index (χ0v) is 16.0. The number of fused-ring (bicyclic) bond motifs is 1. The molecule has 0 saturated heterocycles. The second-order valence-electron chi connectivity index (χ2n) is 6.00. The highest BCUT2D eigenvalue weighted by Gasteiger charge is 2.14. The lowest BCUT2D eigenvalue weighted by Crippen LogP contribution is -2.19. The molecule has 146 valence electrons. The minimum absolute atomic E-state index is 0.376. The van der Waals surface area contributed by atoms with Crippen LogP contribution in [-0.2, 0) is 0 Å². The number of rotatable bonds is 5. The summed E-state index contributed by atoms with van der Waals surface area (Å²) in [6.07, 6.45) is 1.47. The maximum absolute atomic E-state index is 12.3. The maximum atomic E-state index is 12.3. The Hall–Kier alpha value is -3.65. The van der Waals surface area contributed by atoms with Gasteiger partial charge in [-0.2, -0.15) is 5.10 Å². The van der Waals surface area contributed by atoms with Crippen molar-refractivity contribution in [2.75, 3.05) is 13.2 Å². The van der Waals surface area contributed by atoms with Crippen molar-refractivity contribution in [2.45, 2.75) is 0 Å². The Morgan fingerprint density at radius 1 is 1.03 bits per heavy atom. The molecule has 0 fully saturated rings. The summed E-state index contributed by atoms with van der Waals surface area (Å²) in [6.45, 7) is 0.939. The van der Waals surface area contributed by atoms with E-state index in [9.17, 15) is 9.59 Å². The van der Waals surface area contributed by atoms with Gasteiger partial charge in [-0.15, -0.1) is 11.3 Å². The fourth-order valence-corrected chi connectivity index (χ4v) is 3.22. The molecule has 8 heteroatoms. The summed E-state index contributed by atoms with van der Waals surface area (Å²) in [4.78, 5) is 24.8. The average molecular weight is 408 g/mol. The minimum atomic E-state index is -0.416. The number of hydrogen-bond donors (Lipinski definition) is 1. The first-order valence-electron chi connectivity index (χ1n) is 8.78. The van der Waals surface area contributed by atoms with E-state index in [1.807, 2.05) is 5.38 Å². The number of thiophene rings is 1. The van der Waals surface area contributed by atoms with Crippen LogP contribution in [0.25, 0.3) is 0 Å². The van der Waals surface area contributed by atoms with Crippen molar-refractivity contribution in [1.29, 1.82) is 0 Å². The van der Waals surface area contributed by atoms with Gasteiger partial charge in [-0.05, 0) is 47.3 Å². The quantitative estimate of drug-likeness (QED) is 0.302. The highest BCUT2D eigenvalue weighted by molar-refractivity contribution is 7.12. The monoisotopic (exact) mass is 408 g/mol. The fraction of sp³-hybridized carbons (Fsp3) is 0.0952. The Morgan fingerprint density at radius 2 is 1.90 bits per heavy atom. The highest BCUT2D eigenvalue weighted by atomic mass is 32.1. The Bertz CT molecular complexity index is 1060. The number of ether oxygens (including phenoxy) is 3. The lowest BCUT2D eigenvalue weighted by Gasteiger charge is -2.18. The first-order chi connectivity index (χ1) is 14.2. The second kappa shape index (κ2) is 8.57. The van der Waals surface area contributed by atoms with Crippen LogP contribution in [0.15, 0.2) is 65.1 Å². The van der Waals surface area contributed by atoms with Crippen LogP contribution in [0.3, 0.4) is 0 Å². The van der Waals surface area contributed by atoms with Gasteiger partial charge in [0.1, 0.15) is 23.8 Å². The molecule has 1 aromatic heterocycles. The number of amides is 1. The summed E-state index contributed by atoms with van der Waals surface area (Å²) in [5.41, 5.74) is 3.54. The summed E-state index contributed by atoms with van der Waals surface area (Å²) in [5, 5.41) is 5.77. The third kappa shape index (κ3) is 4.61. The van der Waals surface area contributed by atoms with Crippen molar-refractivity contribution in [3.8, 4) is 17.2 Å². The van der Waals surface area contributed by atoms with E-state index in [2.05, 4.69) is 10.5 Å². The van der Waals surface area contributed by atoms with E-state index >= 15 is 0 Å². The van der Waals surface area contributed by atoms with Gasteiger partial charge in [-0.25, -0.2) is 10.2 Å². The number of hydrazone groups is 1. The van der Waals surface area contributed by atoms with Gasteiger partial charge in [0.25, 0.3) is 5.91 Å². The molecule has 1 amide bonds. The van der Waals surface area contributed by atoms with Crippen molar-refractivity contribution in [2.24, 2.45) is 5.10 Å². The zero-order valence-electron chi connectivity index (χ0n) is 15.2. The lowest BCUT2D eigenvalue weighted by atomic mass is 10.2. The van der Waals surface area contributed by atoms with E-state index in [4.69, 9.17) is 14.2 Å². The molecular weight excluding hydrogens is 392 g/mol. The number of hydrogen-bond acceptors (Lipinski definition) is 7. The number of benzene rings is 2. The van der Waals surface area contributed by atoms with E-state index < -0.39 is 5.97 Å². The maximum Gasteiger partial charge on any atom is 0.353 e. The van der Waals surface area contributed by atoms with Crippen molar-refractivity contribution in [1.82, 2.24) is 5.43 Å². The van der Waals surface area contributed by atoms with Gasteiger partial charge < -0.3 is 14.2 Å². The lowest BCUT2D eigenvalue weighted by molar-refractivity contribution is 0.0739. The molecule has 0 atom stereocenters. The molecule has 2 heterocycles. The topological polar surface area (TPSA) is 86.2 Å². The number of carbonyl (C=O) groups excluding carboxylic acids is 2. The Labute approximate surface area is 170 Å². The molecule has 2 aromatic carbocycles. The molecule has 0 saturated carbocycles.